The first-order valence-corrected chi connectivity index (χ1v) is 6.99. The van der Waals surface area contributed by atoms with Crippen LogP contribution < -0.4 is 10.1 Å². The second-order valence-corrected chi connectivity index (χ2v) is 5.25. The molecule has 0 saturated heterocycles. The van der Waals surface area contributed by atoms with Gasteiger partial charge in [0.15, 0.2) is 0 Å². The van der Waals surface area contributed by atoms with E-state index < -0.39 is 0 Å². The summed E-state index contributed by atoms with van der Waals surface area (Å²) in [6.45, 7) is 2.61. The van der Waals surface area contributed by atoms with Crippen molar-refractivity contribution in [2.75, 3.05) is 7.05 Å². The minimum atomic E-state index is 0.349. The molecule has 0 radical (unpaired) electrons. The molecule has 3 nitrogen and oxygen atoms in total. The fraction of sp³-hybridized carbons (Fsp3) is 0.267. The summed E-state index contributed by atoms with van der Waals surface area (Å²) in [7, 11) is 1.95. The number of ether oxygens (including phenoxy) is 1. The molecule has 1 heterocycles. The van der Waals surface area contributed by atoms with Gasteiger partial charge in [0.05, 0.1) is 5.69 Å². The minimum absolute atomic E-state index is 0.349. The topological polar surface area (TPSA) is 34.1 Å². The maximum Gasteiger partial charge on any atom is 0.130 e. The van der Waals surface area contributed by atoms with Gasteiger partial charge in [0, 0.05) is 16.7 Å². The van der Waals surface area contributed by atoms with Crippen LogP contribution in [0.4, 0.5) is 0 Å². The molecule has 4 heteroatoms. The van der Waals surface area contributed by atoms with Crippen molar-refractivity contribution in [2.24, 2.45) is 0 Å². The quantitative estimate of drug-likeness (QED) is 0.912. The molecule has 0 aliphatic carbocycles. The van der Waals surface area contributed by atoms with E-state index in [2.05, 4.69) is 45.3 Å². The number of aromatic nitrogens is 1. The maximum absolute atomic E-state index is 5.70. The lowest BCUT2D eigenvalue weighted by Gasteiger charge is -2.11. The molecule has 0 aliphatic rings. The number of halogens is 1. The number of nitrogens with one attached hydrogen (secondary N) is 1. The van der Waals surface area contributed by atoms with E-state index in [0.717, 1.165) is 15.9 Å². The Bertz CT molecular complexity index is 511. The number of benzene rings is 1. The summed E-state index contributed by atoms with van der Waals surface area (Å²) in [5.41, 5.74) is 2.16. The molecule has 0 amide bonds. The van der Waals surface area contributed by atoms with Crippen LogP contribution in [0.15, 0.2) is 47.1 Å². The summed E-state index contributed by atoms with van der Waals surface area (Å²) in [6.07, 6.45) is 1.77. The maximum atomic E-state index is 5.70. The van der Waals surface area contributed by atoms with Crippen molar-refractivity contribution < 1.29 is 4.74 Å². The number of nitrogens with zero attached hydrogens (tertiary/aromatic N) is 1. The average Bonchev–Trinajstić information content (AvgIpc) is 2.46. The third-order valence-electron chi connectivity index (χ3n) is 2.99. The highest BCUT2D eigenvalue weighted by Crippen LogP contribution is 2.18. The number of pyridine rings is 1. The largest absolute Gasteiger partial charge is 0.487 e. The molecule has 1 unspecified atom stereocenters. The first-order chi connectivity index (χ1) is 9.19. The number of hydrogen-bond acceptors (Lipinski definition) is 3. The fourth-order valence-electron chi connectivity index (χ4n) is 1.67. The van der Waals surface area contributed by atoms with Crippen LogP contribution in [-0.4, -0.2) is 12.0 Å². The van der Waals surface area contributed by atoms with Crippen molar-refractivity contribution in [3.63, 3.8) is 0 Å². The predicted molar refractivity (Wildman–Crippen MR) is 80.2 cm³/mol. The average molecular weight is 321 g/mol. The lowest BCUT2D eigenvalue weighted by molar-refractivity contribution is 0.301. The van der Waals surface area contributed by atoms with Crippen LogP contribution in [0.25, 0.3) is 0 Å². The van der Waals surface area contributed by atoms with Crippen molar-refractivity contribution in [3.8, 4) is 5.75 Å². The smallest absolute Gasteiger partial charge is 0.130 e. The molecule has 0 aliphatic heterocycles. The second-order valence-electron chi connectivity index (χ2n) is 4.34. The molecule has 19 heavy (non-hydrogen) atoms. The standard InChI is InChI=1S/C15H17BrN2O/c1-11(17-2)12-3-7-15(8-4-12)19-10-14-6-5-13(16)9-18-14/h3-9,11,17H,10H2,1-2H3. The molecule has 100 valence electrons. The zero-order valence-corrected chi connectivity index (χ0v) is 12.6. The van der Waals surface area contributed by atoms with Crippen LogP contribution in [0, 0.1) is 0 Å². The molecule has 0 spiro atoms. The van der Waals surface area contributed by atoms with Gasteiger partial charge >= 0.3 is 0 Å². The van der Waals surface area contributed by atoms with Crippen molar-refractivity contribution in [1.29, 1.82) is 0 Å². The van der Waals surface area contributed by atoms with Crippen LogP contribution >= 0.6 is 15.9 Å². The van der Waals surface area contributed by atoms with Crippen molar-refractivity contribution >= 4 is 15.9 Å². The molecule has 1 aromatic carbocycles. The van der Waals surface area contributed by atoms with Gasteiger partial charge in [-0.25, -0.2) is 0 Å². The highest BCUT2D eigenvalue weighted by atomic mass is 79.9. The minimum Gasteiger partial charge on any atom is -0.487 e. The Labute approximate surface area is 122 Å². The summed E-state index contributed by atoms with van der Waals surface area (Å²) in [4.78, 5) is 4.27. The molecule has 1 atom stereocenters. The van der Waals surface area contributed by atoms with Crippen LogP contribution in [0.5, 0.6) is 5.75 Å². The molecular weight excluding hydrogens is 304 g/mol. The Balaban J connectivity index is 1.94. The fourth-order valence-corrected chi connectivity index (χ4v) is 1.90. The van der Waals surface area contributed by atoms with Gasteiger partial charge in [-0.1, -0.05) is 12.1 Å². The zero-order valence-electron chi connectivity index (χ0n) is 11.1. The Morgan fingerprint density at radius 3 is 2.53 bits per heavy atom. The molecule has 1 aromatic heterocycles. The molecule has 0 fully saturated rings. The van der Waals surface area contributed by atoms with Gasteiger partial charge in [-0.3, -0.25) is 4.98 Å². The van der Waals surface area contributed by atoms with Gasteiger partial charge in [-0.05, 0) is 59.7 Å². The van der Waals surface area contributed by atoms with Gasteiger partial charge in [0.25, 0.3) is 0 Å². The lowest BCUT2D eigenvalue weighted by Crippen LogP contribution is -2.11. The number of rotatable bonds is 5. The van der Waals surface area contributed by atoms with Gasteiger partial charge in [-0.2, -0.15) is 0 Å². The second kappa shape index (κ2) is 6.68. The first-order valence-electron chi connectivity index (χ1n) is 6.19. The van der Waals surface area contributed by atoms with Gasteiger partial charge < -0.3 is 10.1 Å². The van der Waals surface area contributed by atoms with E-state index in [1.165, 1.54) is 5.56 Å². The highest BCUT2D eigenvalue weighted by molar-refractivity contribution is 9.10. The van der Waals surface area contributed by atoms with E-state index in [0.29, 0.717) is 12.6 Å². The van der Waals surface area contributed by atoms with Crippen molar-refractivity contribution in [1.82, 2.24) is 10.3 Å². The van der Waals surface area contributed by atoms with Crippen LogP contribution in [-0.2, 0) is 6.61 Å². The van der Waals surface area contributed by atoms with Crippen molar-refractivity contribution in [3.05, 3.63) is 58.3 Å². The van der Waals surface area contributed by atoms with E-state index in [1.807, 2.05) is 31.3 Å². The third kappa shape index (κ3) is 4.04. The number of hydrogen-bond donors (Lipinski definition) is 1. The normalized spacial score (nSPS) is 12.2. The Kier molecular flexibility index (Phi) is 4.93. The summed E-state index contributed by atoms with van der Waals surface area (Å²) in [6, 6.07) is 12.4. The van der Waals surface area contributed by atoms with E-state index in [9.17, 15) is 0 Å². The van der Waals surface area contributed by atoms with E-state index in [-0.39, 0.29) is 0 Å². The summed E-state index contributed by atoms with van der Waals surface area (Å²) in [5.74, 6) is 0.858. The van der Waals surface area contributed by atoms with E-state index >= 15 is 0 Å². The predicted octanol–water partition coefficient (Wildman–Crippen LogP) is 3.70. The van der Waals surface area contributed by atoms with Crippen LogP contribution in [0.3, 0.4) is 0 Å². The Hall–Kier alpha value is -1.39. The molecule has 2 rings (SSSR count). The molecule has 0 saturated carbocycles. The van der Waals surface area contributed by atoms with Crippen LogP contribution in [0.1, 0.15) is 24.2 Å². The summed E-state index contributed by atoms with van der Waals surface area (Å²) < 4.78 is 6.68. The molecule has 1 N–H and O–H groups in total. The van der Waals surface area contributed by atoms with E-state index in [1.54, 1.807) is 6.20 Å². The van der Waals surface area contributed by atoms with Crippen LogP contribution in [0.2, 0.25) is 0 Å². The van der Waals surface area contributed by atoms with Crippen molar-refractivity contribution in [2.45, 2.75) is 19.6 Å². The Morgan fingerprint density at radius 2 is 1.95 bits per heavy atom. The molecule has 2 aromatic rings. The monoisotopic (exact) mass is 320 g/mol. The van der Waals surface area contributed by atoms with E-state index in [4.69, 9.17) is 4.74 Å². The summed E-state index contributed by atoms with van der Waals surface area (Å²) in [5, 5.41) is 3.21. The highest BCUT2D eigenvalue weighted by Gasteiger charge is 2.02. The van der Waals surface area contributed by atoms with Gasteiger partial charge in [0.2, 0.25) is 0 Å². The third-order valence-corrected chi connectivity index (χ3v) is 3.46. The zero-order chi connectivity index (χ0) is 13.7. The van der Waals surface area contributed by atoms with Gasteiger partial charge in [-0.15, -0.1) is 0 Å². The summed E-state index contributed by atoms with van der Waals surface area (Å²) >= 11 is 3.36. The molecular formula is C15H17BrN2O. The SMILES string of the molecule is CNC(C)c1ccc(OCc2ccc(Br)cn2)cc1. The molecule has 0 bridgehead atoms. The lowest BCUT2D eigenvalue weighted by atomic mass is 10.1. The van der Waals surface area contributed by atoms with Gasteiger partial charge in [0.1, 0.15) is 12.4 Å². The Morgan fingerprint density at radius 1 is 1.21 bits per heavy atom. The first kappa shape index (κ1) is 14.0.